The Balaban J connectivity index is 1.70. The van der Waals surface area contributed by atoms with Crippen LogP contribution in [-0.2, 0) is 10.2 Å². The molecule has 5 rings (SSSR count). The first kappa shape index (κ1) is 25.0. The number of fused-ring (bicyclic) bond motifs is 1. The second-order valence-electron chi connectivity index (χ2n) is 9.55. The Kier molecular flexibility index (Phi) is 6.06. The molecule has 3 aromatic rings. The van der Waals surface area contributed by atoms with Gasteiger partial charge in [-0.3, -0.25) is 14.9 Å². The molecule has 1 aliphatic heterocycles. The lowest BCUT2D eigenvalue weighted by atomic mass is 9.71. The zero-order chi connectivity index (χ0) is 26.5. The Bertz CT molecular complexity index is 1480. The summed E-state index contributed by atoms with van der Waals surface area (Å²) < 4.78 is 50.1. The van der Waals surface area contributed by atoms with Crippen molar-refractivity contribution >= 4 is 34.6 Å². The van der Waals surface area contributed by atoms with Crippen molar-refractivity contribution in [1.82, 2.24) is 5.32 Å². The lowest BCUT2D eigenvalue weighted by molar-refractivity contribution is -0.274. The van der Waals surface area contributed by atoms with Gasteiger partial charge in [0.15, 0.2) is 0 Å². The van der Waals surface area contributed by atoms with Gasteiger partial charge in [-0.05, 0) is 94.7 Å². The van der Waals surface area contributed by atoms with E-state index in [0.717, 1.165) is 40.4 Å². The average molecular weight is 526 g/mol. The number of hydrogen-bond acceptors (Lipinski definition) is 5. The number of thioether (sulfide) groups is 1. The Hall–Kier alpha value is -3.72. The highest BCUT2D eigenvalue weighted by atomic mass is 32.2. The molecule has 1 N–H and O–H groups in total. The summed E-state index contributed by atoms with van der Waals surface area (Å²) >= 11 is 0.737. The number of carbonyl (C=O) groups is 2. The van der Waals surface area contributed by atoms with Gasteiger partial charge < -0.3 is 9.15 Å². The molecule has 9 heteroatoms. The second kappa shape index (κ2) is 8.99. The Labute approximate surface area is 215 Å². The first-order valence-corrected chi connectivity index (χ1v) is 12.3. The van der Waals surface area contributed by atoms with Gasteiger partial charge >= 0.3 is 6.36 Å². The van der Waals surface area contributed by atoms with Gasteiger partial charge in [0.05, 0.1) is 11.2 Å². The largest absolute Gasteiger partial charge is 0.573 e. The van der Waals surface area contributed by atoms with Crippen LogP contribution in [-0.4, -0.2) is 17.5 Å². The molecule has 2 aliphatic rings. The standard InChI is InChI=1S/C28H22F3NO4S/c1-15-11-21-19(17(8-9-27(21,2)3)22-5-4-10-35-22)14-18(15)20-12-16(6-7-23(20)36-28(29,30)31)13-24-25(33)32-26(34)37-24/h4-8,10-14H,9H2,1-3H3,(H,32,33,34)/b24-13-. The minimum atomic E-state index is -4.90. The van der Waals surface area contributed by atoms with E-state index >= 15 is 0 Å². The summed E-state index contributed by atoms with van der Waals surface area (Å²) in [5.74, 6) is -0.241. The van der Waals surface area contributed by atoms with E-state index in [1.54, 1.807) is 12.3 Å². The molecule has 190 valence electrons. The molecule has 5 nitrogen and oxygen atoms in total. The highest BCUT2D eigenvalue weighted by Crippen LogP contribution is 2.46. The molecule has 1 aliphatic carbocycles. The fourth-order valence-electron chi connectivity index (χ4n) is 4.66. The third-order valence-corrected chi connectivity index (χ3v) is 7.26. The van der Waals surface area contributed by atoms with E-state index in [1.165, 1.54) is 24.3 Å². The number of carbonyl (C=O) groups excluding carboxylic acids is 2. The number of alkyl halides is 3. The fourth-order valence-corrected chi connectivity index (χ4v) is 5.34. The predicted octanol–water partition coefficient (Wildman–Crippen LogP) is 7.59. The molecule has 0 bridgehead atoms. The smallest absolute Gasteiger partial charge is 0.464 e. The van der Waals surface area contributed by atoms with Crippen LogP contribution in [0.1, 0.15) is 48.3 Å². The second-order valence-corrected chi connectivity index (χ2v) is 10.6. The Morgan fingerprint density at radius 1 is 1.08 bits per heavy atom. The van der Waals surface area contributed by atoms with Gasteiger partial charge in [-0.1, -0.05) is 32.1 Å². The quantitative estimate of drug-likeness (QED) is 0.356. The Morgan fingerprint density at radius 2 is 1.86 bits per heavy atom. The highest BCUT2D eigenvalue weighted by molar-refractivity contribution is 8.18. The van der Waals surface area contributed by atoms with E-state index < -0.39 is 17.5 Å². The number of allylic oxidation sites excluding steroid dienone is 1. The summed E-state index contributed by atoms with van der Waals surface area (Å²) in [4.78, 5) is 23.7. The van der Waals surface area contributed by atoms with Crippen molar-refractivity contribution in [1.29, 1.82) is 0 Å². The fraction of sp³-hybridized carbons (Fsp3) is 0.214. The van der Waals surface area contributed by atoms with Crippen molar-refractivity contribution in [2.75, 3.05) is 0 Å². The van der Waals surface area contributed by atoms with Crippen LogP contribution in [0.4, 0.5) is 18.0 Å². The SMILES string of the molecule is Cc1cc2c(cc1-c1cc(/C=C3\SC(=O)NC3=O)ccc1OC(F)(F)F)C(c1ccco1)=CCC2(C)C. The summed E-state index contributed by atoms with van der Waals surface area (Å²) in [7, 11) is 0. The van der Waals surface area contributed by atoms with Crippen LogP contribution >= 0.6 is 11.8 Å². The molecule has 1 fully saturated rings. The normalized spacial score (nSPS) is 18.0. The third kappa shape index (κ3) is 4.96. The molecule has 0 radical (unpaired) electrons. The molecule has 37 heavy (non-hydrogen) atoms. The maximum atomic E-state index is 13.3. The third-order valence-electron chi connectivity index (χ3n) is 6.45. The van der Waals surface area contributed by atoms with Crippen molar-refractivity contribution in [3.63, 3.8) is 0 Å². The van der Waals surface area contributed by atoms with Crippen molar-refractivity contribution in [2.24, 2.45) is 0 Å². The van der Waals surface area contributed by atoms with Crippen LogP contribution in [0.25, 0.3) is 22.8 Å². The van der Waals surface area contributed by atoms with Crippen molar-refractivity contribution in [3.8, 4) is 16.9 Å². The number of furan rings is 1. The minimum Gasteiger partial charge on any atom is -0.464 e. The molecule has 0 spiro atoms. The zero-order valence-corrected chi connectivity index (χ0v) is 21.0. The number of aryl methyl sites for hydroxylation is 1. The monoisotopic (exact) mass is 525 g/mol. The number of halogens is 3. The summed E-state index contributed by atoms with van der Waals surface area (Å²) in [6.07, 6.45) is 1.02. The summed E-state index contributed by atoms with van der Waals surface area (Å²) in [6, 6.07) is 11.7. The van der Waals surface area contributed by atoms with E-state index in [-0.39, 0.29) is 21.6 Å². The lowest BCUT2D eigenvalue weighted by Gasteiger charge is -2.33. The van der Waals surface area contributed by atoms with Crippen LogP contribution < -0.4 is 10.1 Å². The predicted molar refractivity (Wildman–Crippen MR) is 136 cm³/mol. The summed E-state index contributed by atoms with van der Waals surface area (Å²) in [6.45, 7) is 6.09. The van der Waals surface area contributed by atoms with E-state index in [1.807, 2.05) is 25.1 Å². The van der Waals surface area contributed by atoms with Gasteiger partial charge in [-0.25, -0.2) is 0 Å². The van der Waals surface area contributed by atoms with Crippen LogP contribution in [0, 0.1) is 6.92 Å². The molecular formula is C28H22F3NO4S. The molecule has 2 amide bonds. The number of amides is 2. The molecular weight excluding hydrogens is 503 g/mol. The van der Waals surface area contributed by atoms with E-state index in [9.17, 15) is 22.8 Å². The highest BCUT2D eigenvalue weighted by Gasteiger charge is 2.34. The van der Waals surface area contributed by atoms with Gasteiger partial charge in [0.2, 0.25) is 0 Å². The molecule has 2 heterocycles. The maximum absolute atomic E-state index is 13.3. The van der Waals surface area contributed by atoms with E-state index in [2.05, 4.69) is 30.0 Å². The van der Waals surface area contributed by atoms with Gasteiger partial charge in [-0.2, -0.15) is 0 Å². The number of benzene rings is 2. The van der Waals surface area contributed by atoms with E-state index in [4.69, 9.17) is 4.42 Å². The molecule has 1 aromatic heterocycles. The molecule has 2 aromatic carbocycles. The first-order chi connectivity index (χ1) is 17.4. The maximum Gasteiger partial charge on any atom is 0.573 e. The molecule has 0 unspecified atom stereocenters. The first-order valence-electron chi connectivity index (χ1n) is 11.5. The van der Waals surface area contributed by atoms with Gasteiger partial charge in [-0.15, -0.1) is 13.2 Å². The van der Waals surface area contributed by atoms with Crippen LogP contribution in [0.2, 0.25) is 0 Å². The van der Waals surface area contributed by atoms with Gasteiger partial charge in [0.25, 0.3) is 11.1 Å². The van der Waals surface area contributed by atoms with Crippen molar-refractivity contribution in [2.45, 2.75) is 39.0 Å². The van der Waals surface area contributed by atoms with E-state index in [0.29, 0.717) is 16.9 Å². The number of ether oxygens (including phenoxy) is 1. The Morgan fingerprint density at radius 3 is 2.51 bits per heavy atom. The number of hydrogen-bond donors (Lipinski definition) is 1. The number of nitrogens with one attached hydrogen (secondary N) is 1. The minimum absolute atomic E-state index is 0.160. The number of imide groups is 1. The van der Waals surface area contributed by atoms with Crippen LogP contribution in [0.3, 0.4) is 0 Å². The molecule has 1 saturated heterocycles. The van der Waals surface area contributed by atoms with Crippen LogP contribution in [0.5, 0.6) is 5.75 Å². The lowest BCUT2D eigenvalue weighted by Crippen LogP contribution is -2.22. The topological polar surface area (TPSA) is 68.5 Å². The van der Waals surface area contributed by atoms with Crippen molar-refractivity contribution < 1.29 is 31.9 Å². The van der Waals surface area contributed by atoms with Gasteiger partial charge in [0.1, 0.15) is 11.5 Å². The summed E-state index contributed by atoms with van der Waals surface area (Å²) in [5, 5.41) is 1.67. The van der Waals surface area contributed by atoms with Crippen LogP contribution in [0.15, 0.2) is 64.1 Å². The average Bonchev–Trinajstić information content (AvgIpc) is 3.44. The van der Waals surface area contributed by atoms with Crippen molar-refractivity contribution in [3.05, 3.63) is 87.7 Å². The van der Waals surface area contributed by atoms with Gasteiger partial charge in [0, 0.05) is 11.1 Å². The summed E-state index contributed by atoms with van der Waals surface area (Å²) in [5.41, 5.74) is 4.60. The number of rotatable bonds is 4. The zero-order valence-electron chi connectivity index (χ0n) is 20.2. The molecule has 0 saturated carbocycles. The molecule has 0 atom stereocenters.